The second-order valence-electron chi connectivity index (χ2n) is 8.31. The average Bonchev–Trinajstić information content (AvgIpc) is 2.85. The van der Waals surface area contributed by atoms with Crippen molar-refractivity contribution in [2.45, 2.75) is 25.7 Å². The monoisotopic (exact) mass is 501 g/mol. The standard InChI is InChI=1S/C25H26ClF2N5O2/c1-16(27)25(34)32-22-13-18-21(14-23(22)35-11-5-10-33-8-3-2-4-9-33)29-15-30-24(18)31-17-6-7-20(28)19(26)12-17/h6-7,12-15H,1-5,8-11H2,(H,32,34)(H,29,30,31). The lowest BCUT2D eigenvalue weighted by Crippen LogP contribution is -2.31. The fraction of sp³-hybridized carbons (Fsp3) is 0.320. The Kier molecular flexibility index (Phi) is 8.09. The Hall–Kier alpha value is -3.30. The third-order valence-corrected chi connectivity index (χ3v) is 6.03. The predicted molar refractivity (Wildman–Crippen MR) is 134 cm³/mol. The highest BCUT2D eigenvalue weighted by atomic mass is 35.5. The molecule has 2 N–H and O–H groups in total. The molecular formula is C25H26ClF2N5O2. The summed E-state index contributed by atoms with van der Waals surface area (Å²) in [6.07, 6.45) is 5.89. The predicted octanol–water partition coefficient (Wildman–Crippen LogP) is 5.84. The molecule has 0 atom stereocenters. The van der Waals surface area contributed by atoms with Gasteiger partial charge in [-0.25, -0.2) is 18.7 Å². The first-order chi connectivity index (χ1) is 16.9. The van der Waals surface area contributed by atoms with Crippen LogP contribution in [0.5, 0.6) is 5.75 Å². The van der Waals surface area contributed by atoms with Crippen LogP contribution < -0.4 is 15.4 Å². The summed E-state index contributed by atoms with van der Waals surface area (Å²) in [7, 11) is 0. The van der Waals surface area contributed by atoms with Crippen LogP contribution in [-0.2, 0) is 4.79 Å². The van der Waals surface area contributed by atoms with Gasteiger partial charge >= 0.3 is 0 Å². The van der Waals surface area contributed by atoms with Crippen LogP contribution >= 0.6 is 11.6 Å². The van der Waals surface area contributed by atoms with Crippen molar-refractivity contribution >= 4 is 45.6 Å². The molecular weight excluding hydrogens is 476 g/mol. The molecule has 0 aliphatic carbocycles. The van der Waals surface area contributed by atoms with Crippen LogP contribution in [0.1, 0.15) is 25.7 Å². The minimum Gasteiger partial charge on any atom is -0.491 e. The molecule has 1 fully saturated rings. The maximum atomic E-state index is 13.5. The lowest BCUT2D eigenvalue weighted by Gasteiger charge is -2.26. The number of nitrogens with zero attached hydrogens (tertiary/aromatic N) is 3. The van der Waals surface area contributed by atoms with Crippen LogP contribution in [0.15, 0.2) is 49.1 Å². The van der Waals surface area contributed by atoms with Crippen molar-refractivity contribution in [3.63, 3.8) is 0 Å². The van der Waals surface area contributed by atoms with Gasteiger partial charge in [-0.2, -0.15) is 0 Å². The molecule has 0 bridgehead atoms. The summed E-state index contributed by atoms with van der Waals surface area (Å²) in [5.41, 5.74) is 1.31. The van der Waals surface area contributed by atoms with Gasteiger partial charge in [0.15, 0.2) is 5.83 Å². The molecule has 35 heavy (non-hydrogen) atoms. The summed E-state index contributed by atoms with van der Waals surface area (Å²) >= 11 is 5.88. The smallest absolute Gasteiger partial charge is 0.283 e. The van der Waals surface area contributed by atoms with Crippen LogP contribution in [0.25, 0.3) is 10.9 Å². The van der Waals surface area contributed by atoms with Crippen LogP contribution in [-0.4, -0.2) is 47.0 Å². The van der Waals surface area contributed by atoms with Crippen LogP contribution in [0, 0.1) is 5.82 Å². The zero-order valence-corrected chi connectivity index (χ0v) is 19.9. The van der Waals surface area contributed by atoms with Crippen molar-refractivity contribution in [1.82, 2.24) is 14.9 Å². The Balaban J connectivity index is 1.58. The second kappa shape index (κ2) is 11.4. The highest BCUT2D eigenvalue weighted by Crippen LogP contribution is 2.34. The number of amides is 1. The Morgan fingerprint density at radius 1 is 1.17 bits per heavy atom. The van der Waals surface area contributed by atoms with Gasteiger partial charge in [-0.15, -0.1) is 0 Å². The molecule has 2 aromatic carbocycles. The molecule has 4 rings (SSSR count). The third-order valence-electron chi connectivity index (χ3n) is 5.74. The second-order valence-corrected chi connectivity index (χ2v) is 8.71. The number of benzene rings is 2. The van der Waals surface area contributed by atoms with Crippen LogP contribution in [0.3, 0.4) is 0 Å². The van der Waals surface area contributed by atoms with Crippen molar-refractivity contribution < 1.29 is 18.3 Å². The number of carbonyl (C=O) groups is 1. The highest BCUT2D eigenvalue weighted by molar-refractivity contribution is 6.31. The summed E-state index contributed by atoms with van der Waals surface area (Å²) in [5, 5.41) is 6.07. The molecule has 7 nitrogen and oxygen atoms in total. The number of hydrogen-bond donors (Lipinski definition) is 2. The van der Waals surface area contributed by atoms with Crippen molar-refractivity contribution in [2.75, 3.05) is 36.9 Å². The van der Waals surface area contributed by atoms with E-state index in [1.54, 1.807) is 12.1 Å². The van der Waals surface area contributed by atoms with E-state index >= 15 is 0 Å². The minimum atomic E-state index is -1.12. The van der Waals surface area contributed by atoms with E-state index in [-0.39, 0.29) is 10.7 Å². The van der Waals surface area contributed by atoms with Gasteiger partial charge < -0.3 is 20.3 Å². The molecule has 2 heterocycles. The van der Waals surface area contributed by atoms with Crippen LogP contribution in [0.2, 0.25) is 5.02 Å². The van der Waals surface area contributed by atoms with Gasteiger partial charge in [-0.05, 0) is 56.6 Å². The molecule has 0 unspecified atom stereocenters. The van der Waals surface area contributed by atoms with E-state index in [4.69, 9.17) is 16.3 Å². The van der Waals surface area contributed by atoms with E-state index in [1.807, 2.05) is 0 Å². The molecule has 184 valence electrons. The number of nitrogens with one attached hydrogen (secondary N) is 2. The Morgan fingerprint density at radius 2 is 1.97 bits per heavy atom. The van der Waals surface area contributed by atoms with E-state index in [2.05, 4.69) is 32.1 Å². The number of anilines is 3. The maximum Gasteiger partial charge on any atom is 0.283 e. The van der Waals surface area contributed by atoms with Gasteiger partial charge in [0, 0.05) is 23.7 Å². The van der Waals surface area contributed by atoms with Crippen molar-refractivity contribution in [1.29, 1.82) is 0 Å². The van der Waals surface area contributed by atoms with Gasteiger partial charge in [-0.3, -0.25) is 4.79 Å². The largest absolute Gasteiger partial charge is 0.491 e. The van der Waals surface area contributed by atoms with Gasteiger partial charge in [0.05, 0.1) is 22.8 Å². The third kappa shape index (κ3) is 6.43. The molecule has 1 saturated heterocycles. The summed E-state index contributed by atoms with van der Waals surface area (Å²) in [4.78, 5) is 23.0. The summed E-state index contributed by atoms with van der Waals surface area (Å²) in [6, 6.07) is 7.45. The highest BCUT2D eigenvalue weighted by Gasteiger charge is 2.16. The van der Waals surface area contributed by atoms with E-state index < -0.39 is 17.6 Å². The molecule has 1 aliphatic heterocycles. The zero-order chi connectivity index (χ0) is 24.8. The Labute approximate surface area is 207 Å². The molecule has 0 saturated carbocycles. The van der Waals surface area contributed by atoms with Gasteiger partial charge in [0.2, 0.25) is 0 Å². The summed E-state index contributed by atoms with van der Waals surface area (Å²) in [6.45, 7) is 6.60. The SMILES string of the molecule is C=C(F)C(=O)Nc1cc2c(Nc3ccc(F)c(Cl)c3)ncnc2cc1OCCCN1CCCCC1. The number of aromatic nitrogens is 2. The fourth-order valence-corrected chi connectivity index (χ4v) is 4.14. The van der Waals surface area contributed by atoms with Crippen LogP contribution in [0.4, 0.5) is 26.0 Å². The number of hydrogen-bond acceptors (Lipinski definition) is 6. The molecule has 10 heteroatoms. The number of piperidine rings is 1. The number of carbonyl (C=O) groups excluding carboxylic acids is 1. The fourth-order valence-electron chi connectivity index (χ4n) is 3.95. The lowest BCUT2D eigenvalue weighted by atomic mass is 10.1. The molecule has 0 spiro atoms. The number of likely N-dealkylation sites (tertiary alicyclic amines) is 1. The normalized spacial score (nSPS) is 14.0. The number of rotatable bonds is 9. The summed E-state index contributed by atoms with van der Waals surface area (Å²) < 4.78 is 32.9. The van der Waals surface area contributed by atoms with Crippen molar-refractivity contribution in [2.24, 2.45) is 0 Å². The van der Waals surface area contributed by atoms with Crippen molar-refractivity contribution in [3.05, 3.63) is 59.9 Å². The van der Waals surface area contributed by atoms with Gasteiger partial charge in [0.1, 0.15) is 23.7 Å². The number of ether oxygens (including phenoxy) is 1. The average molecular weight is 502 g/mol. The first-order valence-corrected chi connectivity index (χ1v) is 11.8. The number of fused-ring (bicyclic) bond motifs is 1. The Morgan fingerprint density at radius 3 is 2.71 bits per heavy atom. The lowest BCUT2D eigenvalue weighted by molar-refractivity contribution is -0.114. The van der Waals surface area contributed by atoms with E-state index in [0.29, 0.717) is 34.8 Å². The van der Waals surface area contributed by atoms with Gasteiger partial charge in [-0.1, -0.05) is 24.6 Å². The van der Waals surface area contributed by atoms with E-state index in [0.717, 1.165) is 26.1 Å². The first-order valence-electron chi connectivity index (χ1n) is 11.4. The number of halogens is 3. The molecule has 1 aromatic heterocycles. The summed E-state index contributed by atoms with van der Waals surface area (Å²) in [5.74, 6) is -1.88. The molecule has 0 radical (unpaired) electrons. The van der Waals surface area contributed by atoms with E-state index in [9.17, 15) is 13.6 Å². The first kappa shape index (κ1) is 24.8. The van der Waals surface area contributed by atoms with E-state index in [1.165, 1.54) is 43.8 Å². The zero-order valence-electron chi connectivity index (χ0n) is 19.1. The molecule has 1 amide bonds. The molecule has 1 aliphatic rings. The molecule has 3 aromatic rings. The topological polar surface area (TPSA) is 79.4 Å². The quantitative estimate of drug-likeness (QED) is 0.283. The van der Waals surface area contributed by atoms with Gasteiger partial charge in [0.25, 0.3) is 5.91 Å². The minimum absolute atomic E-state index is 0.0389. The Bertz CT molecular complexity index is 1230. The maximum absolute atomic E-state index is 13.5. The van der Waals surface area contributed by atoms with Crippen molar-refractivity contribution in [3.8, 4) is 5.75 Å².